The van der Waals surface area contributed by atoms with Crippen LogP contribution in [0.25, 0.3) is 0 Å². The van der Waals surface area contributed by atoms with Crippen molar-refractivity contribution in [2.75, 3.05) is 7.11 Å². The summed E-state index contributed by atoms with van der Waals surface area (Å²) in [6.07, 6.45) is 0. The number of esters is 1. The molecule has 0 saturated carbocycles. The van der Waals surface area contributed by atoms with E-state index in [-0.39, 0.29) is 11.4 Å². The van der Waals surface area contributed by atoms with E-state index in [1.165, 1.54) is 31.4 Å². The minimum atomic E-state index is -0.668. The van der Waals surface area contributed by atoms with Crippen molar-refractivity contribution in [3.63, 3.8) is 0 Å². The number of hydrogen-bond acceptors (Lipinski definition) is 3. The fourth-order valence-corrected chi connectivity index (χ4v) is 1.13. The first-order valence-corrected chi connectivity index (χ1v) is 4.34. The Kier molecular flexibility index (Phi) is 3.57. The van der Waals surface area contributed by atoms with Gasteiger partial charge in [0.05, 0.1) is 18.7 Å². The molecule has 15 heavy (non-hydrogen) atoms. The van der Waals surface area contributed by atoms with Crippen molar-refractivity contribution in [3.05, 3.63) is 47.8 Å². The molecule has 1 unspecified atom stereocenters. The molecule has 0 aliphatic carbocycles. The summed E-state index contributed by atoms with van der Waals surface area (Å²) in [4.78, 5) is 11.1. The number of nitrogens with two attached hydrogens (primary N) is 1. The number of carbonyl (C=O) groups is 1. The van der Waals surface area contributed by atoms with Crippen LogP contribution < -0.4 is 5.73 Å². The molecule has 0 fully saturated rings. The van der Waals surface area contributed by atoms with Gasteiger partial charge in [-0.1, -0.05) is 18.7 Å². The van der Waals surface area contributed by atoms with Crippen molar-refractivity contribution in [3.8, 4) is 0 Å². The molecular formula is C11H12FNO2. The van der Waals surface area contributed by atoms with Gasteiger partial charge in [-0.15, -0.1) is 0 Å². The molecule has 0 aliphatic rings. The first-order chi connectivity index (χ1) is 7.06. The molecule has 4 heteroatoms. The van der Waals surface area contributed by atoms with E-state index in [2.05, 4.69) is 11.3 Å². The van der Waals surface area contributed by atoms with Crippen LogP contribution in [0.3, 0.4) is 0 Å². The van der Waals surface area contributed by atoms with E-state index in [9.17, 15) is 9.18 Å². The maximum Gasteiger partial charge on any atom is 0.335 e. The molecule has 80 valence electrons. The van der Waals surface area contributed by atoms with Crippen LogP contribution in [-0.2, 0) is 9.53 Å². The Bertz CT molecular complexity index is 373. The average Bonchev–Trinajstić information content (AvgIpc) is 2.27. The van der Waals surface area contributed by atoms with Gasteiger partial charge in [0.1, 0.15) is 5.82 Å². The molecule has 1 aromatic rings. The maximum atomic E-state index is 12.6. The Hall–Kier alpha value is -1.68. The molecule has 0 aliphatic heterocycles. The Morgan fingerprint density at radius 3 is 2.47 bits per heavy atom. The third-order valence-electron chi connectivity index (χ3n) is 2.05. The standard InChI is InChI=1S/C11H12FNO2/c1-7(11(14)15-2)10(13)8-3-5-9(12)6-4-8/h3-6,10H,1,13H2,2H3. The van der Waals surface area contributed by atoms with E-state index in [1.807, 2.05) is 0 Å². The van der Waals surface area contributed by atoms with E-state index in [0.717, 1.165) is 0 Å². The average molecular weight is 209 g/mol. The van der Waals surface area contributed by atoms with Gasteiger partial charge < -0.3 is 10.5 Å². The monoisotopic (exact) mass is 209 g/mol. The van der Waals surface area contributed by atoms with Gasteiger partial charge in [0.25, 0.3) is 0 Å². The number of benzene rings is 1. The van der Waals surface area contributed by atoms with Gasteiger partial charge in [-0.25, -0.2) is 9.18 Å². The van der Waals surface area contributed by atoms with Gasteiger partial charge in [-0.05, 0) is 17.7 Å². The number of ether oxygens (including phenoxy) is 1. The lowest BCUT2D eigenvalue weighted by Gasteiger charge is -2.12. The predicted octanol–water partition coefficient (Wildman–Crippen LogP) is 1.55. The number of carbonyl (C=O) groups excluding carboxylic acids is 1. The molecule has 3 nitrogen and oxygen atoms in total. The van der Waals surface area contributed by atoms with Crippen molar-refractivity contribution in [2.24, 2.45) is 5.73 Å². The molecular weight excluding hydrogens is 197 g/mol. The van der Waals surface area contributed by atoms with Gasteiger partial charge in [0.2, 0.25) is 0 Å². The largest absolute Gasteiger partial charge is 0.466 e. The zero-order valence-electron chi connectivity index (χ0n) is 8.37. The van der Waals surface area contributed by atoms with Gasteiger partial charge in [-0.3, -0.25) is 0 Å². The minimum absolute atomic E-state index is 0.143. The van der Waals surface area contributed by atoms with Gasteiger partial charge >= 0.3 is 5.97 Å². The van der Waals surface area contributed by atoms with Crippen LogP contribution in [0.2, 0.25) is 0 Å². The van der Waals surface area contributed by atoms with Gasteiger partial charge in [-0.2, -0.15) is 0 Å². The zero-order chi connectivity index (χ0) is 11.4. The maximum absolute atomic E-state index is 12.6. The van der Waals surface area contributed by atoms with Crippen LogP contribution in [0.1, 0.15) is 11.6 Å². The van der Waals surface area contributed by atoms with Crippen LogP contribution in [0.4, 0.5) is 4.39 Å². The Balaban J connectivity index is 2.85. The highest BCUT2D eigenvalue weighted by molar-refractivity contribution is 5.89. The molecule has 1 rings (SSSR count). The predicted molar refractivity (Wildman–Crippen MR) is 54.5 cm³/mol. The van der Waals surface area contributed by atoms with E-state index in [1.54, 1.807) is 0 Å². The second-order valence-electron chi connectivity index (χ2n) is 3.05. The number of methoxy groups -OCH3 is 1. The summed E-state index contributed by atoms with van der Waals surface area (Å²) < 4.78 is 17.1. The summed E-state index contributed by atoms with van der Waals surface area (Å²) in [6, 6.07) is 4.90. The molecule has 1 aromatic carbocycles. The summed E-state index contributed by atoms with van der Waals surface area (Å²) in [5.41, 5.74) is 6.50. The fraction of sp³-hybridized carbons (Fsp3) is 0.182. The topological polar surface area (TPSA) is 52.3 Å². The second kappa shape index (κ2) is 4.70. The molecule has 2 N–H and O–H groups in total. The van der Waals surface area contributed by atoms with Crippen LogP contribution in [0, 0.1) is 5.82 Å². The van der Waals surface area contributed by atoms with E-state index in [4.69, 9.17) is 5.73 Å². The zero-order valence-corrected chi connectivity index (χ0v) is 8.37. The molecule has 0 bridgehead atoms. The summed E-state index contributed by atoms with van der Waals surface area (Å²) >= 11 is 0. The summed E-state index contributed by atoms with van der Waals surface area (Å²) in [5, 5.41) is 0. The molecule has 0 saturated heterocycles. The van der Waals surface area contributed by atoms with Crippen LogP contribution >= 0.6 is 0 Å². The third-order valence-corrected chi connectivity index (χ3v) is 2.05. The van der Waals surface area contributed by atoms with E-state index in [0.29, 0.717) is 5.56 Å². The van der Waals surface area contributed by atoms with Crippen LogP contribution in [0.5, 0.6) is 0 Å². The first-order valence-electron chi connectivity index (χ1n) is 4.34. The highest BCUT2D eigenvalue weighted by atomic mass is 19.1. The quantitative estimate of drug-likeness (QED) is 0.607. The summed E-state index contributed by atoms with van der Waals surface area (Å²) in [6.45, 7) is 3.53. The summed E-state index contributed by atoms with van der Waals surface area (Å²) in [7, 11) is 1.25. The Morgan fingerprint density at radius 1 is 1.47 bits per heavy atom. The normalized spacial score (nSPS) is 11.9. The van der Waals surface area contributed by atoms with Gasteiger partial charge in [0.15, 0.2) is 0 Å². The molecule has 0 radical (unpaired) electrons. The highest BCUT2D eigenvalue weighted by Gasteiger charge is 2.17. The molecule has 0 aromatic heterocycles. The lowest BCUT2D eigenvalue weighted by atomic mass is 10.0. The van der Waals surface area contributed by atoms with Gasteiger partial charge in [0, 0.05) is 0 Å². The number of halogens is 1. The highest BCUT2D eigenvalue weighted by Crippen LogP contribution is 2.18. The SMILES string of the molecule is C=C(C(=O)OC)C(N)c1ccc(F)cc1. The minimum Gasteiger partial charge on any atom is -0.466 e. The second-order valence-corrected chi connectivity index (χ2v) is 3.05. The van der Waals surface area contributed by atoms with Crippen molar-refractivity contribution < 1.29 is 13.9 Å². The number of rotatable bonds is 3. The molecule has 0 amide bonds. The van der Waals surface area contributed by atoms with E-state index >= 15 is 0 Å². The number of hydrogen-bond donors (Lipinski definition) is 1. The Labute approximate surface area is 87.3 Å². The Morgan fingerprint density at radius 2 is 2.00 bits per heavy atom. The van der Waals surface area contributed by atoms with E-state index < -0.39 is 12.0 Å². The lowest BCUT2D eigenvalue weighted by molar-refractivity contribution is -0.136. The third kappa shape index (κ3) is 2.63. The van der Waals surface area contributed by atoms with Crippen LogP contribution in [-0.4, -0.2) is 13.1 Å². The lowest BCUT2D eigenvalue weighted by Crippen LogP contribution is -2.19. The van der Waals surface area contributed by atoms with Crippen molar-refractivity contribution in [1.82, 2.24) is 0 Å². The first kappa shape index (κ1) is 11.4. The van der Waals surface area contributed by atoms with Crippen molar-refractivity contribution in [2.45, 2.75) is 6.04 Å². The summed E-state index contributed by atoms with van der Waals surface area (Å²) in [5.74, 6) is -0.915. The van der Waals surface area contributed by atoms with Crippen molar-refractivity contribution in [1.29, 1.82) is 0 Å². The molecule has 0 spiro atoms. The van der Waals surface area contributed by atoms with Crippen molar-refractivity contribution >= 4 is 5.97 Å². The fourth-order valence-electron chi connectivity index (χ4n) is 1.13. The molecule has 0 heterocycles. The molecule has 1 atom stereocenters. The van der Waals surface area contributed by atoms with Crippen LogP contribution in [0.15, 0.2) is 36.4 Å². The smallest absolute Gasteiger partial charge is 0.335 e.